The van der Waals surface area contributed by atoms with Gasteiger partial charge in [0.2, 0.25) is 0 Å². The van der Waals surface area contributed by atoms with Crippen molar-refractivity contribution in [3.05, 3.63) is 77.6 Å². The number of non-ortho nitro benzene ring substituents is 2. The predicted molar refractivity (Wildman–Crippen MR) is 142 cm³/mol. The van der Waals surface area contributed by atoms with Gasteiger partial charge in [0.1, 0.15) is 0 Å². The first-order valence-corrected chi connectivity index (χ1v) is 12.2. The number of nitro groups is 2. The van der Waals surface area contributed by atoms with Gasteiger partial charge in [0.25, 0.3) is 11.4 Å². The SMILES string of the molecule is CC1(C)N=C(c2cc([N+](=O)[O-])ccc2[O-])[N+](=O)C1(C)C.CC1(C)N=C(c2cc([N+](=O)[O-])ccc2[O-])[N+](=O)C1(C)C.[Co]. The van der Waals surface area contributed by atoms with Crippen molar-refractivity contribution in [3.8, 4) is 11.5 Å². The van der Waals surface area contributed by atoms with Crippen LogP contribution in [0.2, 0.25) is 0 Å². The van der Waals surface area contributed by atoms with Gasteiger partial charge in [0, 0.05) is 41.0 Å². The predicted octanol–water partition coefficient (Wildman–Crippen LogP) is 3.53. The van der Waals surface area contributed by atoms with Crippen LogP contribution in [-0.2, 0) is 16.8 Å². The van der Waals surface area contributed by atoms with Crippen LogP contribution in [0.4, 0.5) is 11.4 Å². The summed E-state index contributed by atoms with van der Waals surface area (Å²) in [4.78, 5) is 53.7. The summed E-state index contributed by atoms with van der Waals surface area (Å²) < 4.78 is 1.32. The Labute approximate surface area is 245 Å². The van der Waals surface area contributed by atoms with Crippen molar-refractivity contribution in [1.82, 2.24) is 0 Å². The monoisotopic (exact) mass is 613 g/mol. The van der Waals surface area contributed by atoms with Crippen LogP contribution in [-0.4, -0.2) is 53.2 Å². The average molecular weight is 613 g/mol. The molecule has 0 N–H and O–H groups in total. The number of nitrogens with zero attached hydrogens (tertiary/aromatic N) is 6. The Morgan fingerprint density at radius 3 is 1.15 bits per heavy atom. The fourth-order valence-corrected chi connectivity index (χ4v) is 3.87. The molecule has 1 radical (unpaired) electrons. The molecule has 14 nitrogen and oxygen atoms in total. The number of nitro benzene ring substituents is 2. The smallest absolute Gasteiger partial charge is 0.363 e. The van der Waals surface area contributed by atoms with E-state index in [1.165, 1.54) is 0 Å². The van der Waals surface area contributed by atoms with Gasteiger partial charge < -0.3 is 10.2 Å². The van der Waals surface area contributed by atoms with Crippen LogP contribution < -0.4 is 10.2 Å². The van der Waals surface area contributed by atoms with Gasteiger partial charge in [-0.15, -0.1) is 0 Å². The molecule has 0 aliphatic carbocycles. The molecule has 2 aromatic rings. The number of amidine groups is 2. The molecule has 0 aromatic heterocycles. The van der Waals surface area contributed by atoms with Crippen molar-refractivity contribution in [2.24, 2.45) is 9.98 Å². The van der Waals surface area contributed by atoms with E-state index in [0.717, 1.165) is 36.4 Å². The maximum atomic E-state index is 12.4. The van der Waals surface area contributed by atoms with E-state index in [2.05, 4.69) is 9.98 Å². The summed E-state index contributed by atoms with van der Waals surface area (Å²) in [6, 6.07) is 6.61. The minimum absolute atomic E-state index is 0. The molecule has 0 spiro atoms. The van der Waals surface area contributed by atoms with Gasteiger partial charge in [0.05, 0.1) is 21.0 Å². The molecule has 0 bridgehead atoms. The van der Waals surface area contributed by atoms with Crippen LogP contribution in [0.1, 0.15) is 66.5 Å². The molecule has 15 heteroatoms. The van der Waals surface area contributed by atoms with Crippen LogP contribution in [0.3, 0.4) is 0 Å². The minimum atomic E-state index is -0.834. The fraction of sp³-hybridized carbons (Fsp3) is 0.462. The van der Waals surface area contributed by atoms with Crippen LogP contribution >= 0.6 is 0 Å². The van der Waals surface area contributed by atoms with Gasteiger partial charge >= 0.3 is 11.7 Å². The summed E-state index contributed by atoms with van der Waals surface area (Å²) >= 11 is 0. The van der Waals surface area contributed by atoms with E-state index in [1.807, 2.05) is 0 Å². The molecule has 0 saturated carbocycles. The van der Waals surface area contributed by atoms with Crippen molar-refractivity contribution >= 4 is 23.0 Å². The van der Waals surface area contributed by atoms with E-state index in [1.54, 1.807) is 55.4 Å². The Bertz CT molecular complexity index is 1410. The Kier molecular flexibility index (Phi) is 8.64. The first kappa shape index (κ1) is 33.1. The van der Waals surface area contributed by atoms with E-state index in [9.17, 15) is 40.3 Å². The maximum absolute atomic E-state index is 12.4. The van der Waals surface area contributed by atoms with E-state index >= 15 is 0 Å². The van der Waals surface area contributed by atoms with E-state index < -0.39 is 43.5 Å². The standard InChI is InChI=1S/2C13H15N3O4.Co/c2*1-12(2)13(3,4)15(18)11(14-12)9-7-8(16(19)20)5-6-10(9)17;/h2*5-7H,1-4H3;. The number of hydrogen-bond acceptors (Lipinski definition) is 10. The number of aliphatic imine (C=N–C) groups is 2. The number of rotatable bonds is 4. The molecule has 2 aliphatic heterocycles. The summed E-state index contributed by atoms with van der Waals surface area (Å²) in [6.07, 6.45) is 0. The summed E-state index contributed by atoms with van der Waals surface area (Å²) in [5.74, 6) is -1.00. The first-order valence-electron chi connectivity index (χ1n) is 12.2. The van der Waals surface area contributed by atoms with Gasteiger partial charge in [0.15, 0.2) is 22.2 Å². The van der Waals surface area contributed by atoms with Gasteiger partial charge in [-0.2, -0.15) is 0 Å². The molecule has 2 aliphatic rings. The molecular weight excluding hydrogens is 583 g/mol. The van der Waals surface area contributed by atoms with E-state index in [4.69, 9.17) is 0 Å². The molecule has 0 unspecified atom stereocenters. The Morgan fingerprint density at radius 2 is 0.927 bits per heavy atom. The summed E-state index contributed by atoms with van der Waals surface area (Å²) in [6.45, 7) is 14.0. The first-order chi connectivity index (χ1) is 18.2. The summed E-state index contributed by atoms with van der Waals surface area (Å²) in [5.41, 5.74) is -3.60. The third kappa shape index (κ3) is 5.59. The molecule has 4 rings (SSSR count). The third-order valence-corrected chi connectivity index (χ3v) is 8.00. The third-order valence-electron chi connectivity index (χ3n) is 8.00. The molecule has 0 atom stereocenters. The largest absolute Gasteiger partial charge is 0.872 e. The zero-order valence-corrected chi connectivity index (χ0v) is 24.8. The summed E-state index contributed by atoms with van der Waals surface area (Å²) in [7, 11) is 0. The molecule has 0 amide bonds. The Morgan fingerprint density at radius 1 is 0.634 bits per heavy atom. The molecule has 0 saturated heterocycles. The van der Waals surface area contributed by atoms with E-state index in [-0.39, 0.29) is 51.0 Å². The molecule has 2 aromatic carbocycles. The topological polar surface area (TPSA) is 197 Å². The molecule has 221 valence electrons. The zero-order valence-electron chi connectivity index (χ0n) is 23.7. The van der Waals surface area contributed by atoms with Crippen molar-refractivity contribution in [2.75, 3.05) is 0 Å². The molecule has 2 heterocycles. The molecular formula is C26H30CoN6O8. The van der Waals surface area contributed by atoms with Crippen molar-refractivity contribution in [3.63, 3.8) is 0 Å². The van der Waals surface area contributed by atoms with Gasteiger partial charge in [-0.3, -0.25) is 20.2 Å². The maximum Gasteiger partial charge on any atom is 0.363 e. The van der Waals surface area contributed by atoms with Crippen molar-refractivity contribution in [2.45, 2.75) is 77.5 Å². The number of nitroso groups, excluding NO2 is 2. The quantitative estimate of drug-likeness (QED) is 0.283. The zero-order chi connectivity index (χ0) is 30.6. The molecule has 0 fully saturated rings. The minimum Gasteiger partial charge on any atom is -0.872 e. The van der Waals surface area contributed by atoms with Gasteiger partial charge in [-0.05, 0) is 64.9 Å². The van der Waals surface area contributed by atoms with Crippen LogP contribution in [0.15, 0.2) is 46.4 Å². The van der Waals surface area contributed by atoms with Gasteiger partial charge in [-0.1, -0.05) is 43.4 Å². The van der Waals surface area contributed by atoms with Crippen molar-refractivity contribution in [1.29, 1.82) is 0 Å². The van der Waals surface area contributed by atoms with Gasteiger partial charge in [-0.25, -0.2) is 0 Å². The second kappa shape index (κ2) is 10.7. The van der Waals surface area contributed by atoms with Crippen LogP contribution in [0.5, 0.6) is 11.5 Å². The fourth-order valence-electron chi connectivity index (χ4n) is 3.87. The van der Waals surface area contributed by atoms with E-state index in [0.29, 0.717) is 9.52 Å². The summed E-state index contributed by atoms with van der Waals surface area (Å²) in [5, 5.41) is 45.3. The normalized spacial score (nSPS) is 19.3. The number of benzene rings is 2. The van der Waals surface area contributed by atoms with Crippen molar-refractivity contribution < 1.29 is 46.4 Å². The van der Waals surface area contributed by atoms with Crippen LogP contribution in [0.25, 0.3) is 0 Å². The second-order valence-electron chi connectivity index (χ2n) is 11.6. The second-order valence-corrected chi connectivity index (χ2v) is 11.6. The van der Waals surface area contributed by atoms with Crippen LogP contribution in [0, 0.1) is 30.0 Å². The Balaban J connectivity index is 0.000000280. The number of hydrogen-bond donors (Lipinski definition) is 0. The molecule has 41 heavy (non-hydrogen) atoms. The Hall–Kier alpha value is -4.11. The average Bonchev–Trinajstić information content (AvgIpc) is 3.11.